The van der Waals surface area contributed by atoms with Crippen LogP contribution < -0.4 is 0 Å². The fraction of sp³-hybridized carbons (Fsp3) is 0.600. The number of nitrogens with zero attached hydrogens (tertiary/aromatic N) is 2. The zero-order chi connectivity index (χ0) is 10.8. The molecular weight excluding hydrogens is 276 g/mol. The maximum Gasteiger partial charge on any atom is 0.194 e. The van der Waals surface area contributed by atoms with E-state index in [1.807, 2.05) is 6.92 Å². The van der Waals surface area contributed by atoms with Crippen molar-refractivity contribution >= 4 is 33.5 Å². The van der Waals surface area contributed by atoms with Crippen LogP contribution in [0, 0.1) is 0 Å². The molecule has 1 saturated heterocycles. The Morgan fingerprint density at radius 2 is 2.60 bits per heavy atom. The molecule has 1 fully saturated rings. The molecule has 5 heteroatoms. The van der Waals surface area contributed by atoms with Gasteiger partial charge in [0.05, 0.1) is 15.9 Å². The number of aromatic nitrogens is 2. The summed E-state index contributed by atoms with van der Waals surface area (Å²) in [6.45, 7) is 2.74. The van der Waals surface area contributed by atoms with Crippen molar-refractivity contribution in [2.24, 2.45) is 0 Å². The van der Waals surface area contributed by atoms with Gasteiger partial charge in [0.2, 0.25) is 0 Å². The second-order valence-corrected chi connectivity index (χ2v) is 5.69. The SMILES string of the molecule is CCn1ncc(Br)c1C(=O)C1CCCS1. The highest BCUT2D eigenvalue weighted by atomic mass is 79.9. The number of hydrogen-bond acceptors (Lipinski definition) is 3. The average Bonchev–Trinajstić information content (AvgIpc) is 2.85. The van der Waals surface area contributed by atoms with Crippen LogP contribution in [0.2, 0.25) is 0 Å². The molecule has 82 valence electrons. The van der Waals surface area contributed by atoms with Crippen LogP contribution in [0.15, 0.2) is 10.7 Å². The number of hydrogen-bond donors (Lipinski definition) is 0. The van der Waals surface area contributed by atoms with Gasteiger partial charge in [-0.25, -0.2) is 0 Å². The smallest absolute Gasteiger partial charge is 0.194 e. The van der Waals surface area contributed by atoms with E-state index >= 15 is 0 Å². The molecule has 0 aliphatic carbocycles. The molecule has 0 spiro atoms. The maximum atomic E-state index is 12.2. The minimum Gasteiger partial charge on any atom is -0.291 e. The second-order valence-electron chi connectivity index (χ2n) is 3.52. The lowest BCUT2D eigenvalue weighted by molar-refractivity contribution is 0.0977. The number of carbonyl (C=O) groups is 1. The van der Waals surface area contributed by atoms with Crippen molar-refractivity contribution < 1.29 is 4.79 Å². The van der Waals surface area contributed by atoms with E-state index in [1.165, 1.54) is 0 Å². The van der Waals surface area contributed by atoms with Gasteiger partial charge in [-0.15, -0.1) is 0 Å². The highest BCUT2D eigenvalue weighted by Gasteiger charge is 2.28. The first kappa shape index (κ1) is 11.2. The predicted octanol–water partition coefficient (Wildman–Crippen LogP) is 2.74. The van der Waals surface area contributed by atoms with E-state index in [-0.39, 0.29) is 11.0 Å². The molecule has 0 N–H and O–H groups in total. The number of aryl methyl sites for hydroxylation is 1. The van der Waals surface area contributed by atoms with Gasteiger partial charge in [0.25, 0.3) is 0 Å². The Balaban J connectivity index is 2.27. The van der Waals surface area contributed by atoms with E-state index in [2.05, 4.69) is 21.0 Å². The topological polar surface area (TPSA) is 34.9 Å². The first-order valence-corrected chi connectivity index (χ1v) is 6.95. The van der Waals surface area contributed by atoms with Gasteiger partial charge in [-0.1, -0.05) is 0 Å². The van der Waals surface area contributed by atoms with Gasteiger partial charge in [0.15, 0.2) is 5.78 Å². The van der Waals surface area contributed by atoms with Crippen molar-refractivity contribution in [3.05, 3.63) is 16.4 Å². The molecule has 0 aromatic carbocycles. The van der Waals surface area contributed by atoms with Crippen molar-refractivity contribution in [2.45, 2.75) is 31.6 Å². The molecule has 15 heavy (non-hydrogen) atoms. The maximum absolute atomic E-state index is 12.2. The highest BCUT2D eigenvalue weighted by molar-refractivity contribution is 9.10. The summed E-state index contributed by atoms with van der Waals surface area (Å²) in [6, 6.07) is 0. The third-order valence-corrected chi connectivity index (χ3v) is 4.51. The van der Waals surface area contributed by atoms with Crippen molar-refractivity contribution in [1.82, 2.24) is 9.78 Å². The Morgan fingerprint density at radius 1 is 1.80 bits per heavy atom. The van der Waals surface area contributed by atoms with Crippen LogP contribution >= 0.6 is 27.7 Å². The van der Waals surface area contributed by atoms with Crippen molar-refractivity contribution in [2.75, 3.05) is 5.75 Å². The van der Waals surface area contributed by atoms with Crippen LogP contribution in [0.1, 0.15) is 30.3 Å². The largest absolute Gasteiger partial charge is 0.291 e. The van der Waals surface area contributed by atoms with Crippen LogP contribution in [-0.4, -0.2) is 26.6 Å². The fourth-order valence-corrected chi connectivity index (χ4v) is 3.49. The minimum atomic E-state index is 0.142. The highest BCUT2D eigenvalue weighted by Crippen LogP contribution is 2.31. The van der Waals surface area contributed by atoms with Crippen molar-refractivity contribution in [3.8, 4) is 0 Å². The molecule has 0 saturated carbocycles. The number of ketones is 1. The van der Waals surface area contributed by atoms with Crippen LogP contribution in [0.25, 0.3) is 0 Å². The summed E-state index contributed by atoms with van der Waals surface area (Å²) in [5.41, 5.74) is 0.733. The molecule has 2 rings (SSSR count). The Bertz CT molecular complexity index is 371. The number of Topliss-reactive ketones (excluding diaryl/α,β-unsaturated/α-hetero) is 1. The fourth-order valence-electron chi connectivity index (χ4n) is 1.78. The number of carbonyl (C=O) groups excluding carboxylic acids is 1. The molecule has 0 radical (unpaired) electrons. The van der Waals surface area contributed by atoms with E-state index in [1.54, 1.807) is 22.6 Å². The third kappa shape index (κ3) is 2.13. The summed E-state index contributed by atoms with van der Waals surface area (Å²) in [4.78, 5) is 12.2. The van der Waals surface area contributed by atoms with Gasteiger partial charge in [-0.3, -0.25) is 9.48 Å². The van der Waals surface area contributed by atoms with Crippen molar-refractivity contribution in [1.29, 1.82) is 0 Å². The second kappa shape index (κ2) is 4.70. The molecule has 1 aliphatic heterocycles. The summed E-state index contributed by atoms with van der Waals surface area (Å²) in [5.74, 6) is 1.33. The zero-order valence-electron chi connectivity index (χ0n) is 8.57. The monoisotopic (exact) mass is 288 g/mol. The zero-order valence-corrected chi connectivity index (χ0v) is 11.0. The lowest BCUT2D eigenvalue weighted by atomic mass is 10.1. The summed E-state index contributed by atoms with van der Waals surface area (Å²) in [7, 11) is 0. The Morgan fingerprint density at radius 3 is 3.20 bits per heavy atom. The van der Waals surface area contributed by atoms with Gasteiger partial charge < -0.3 is 0 Å². The predicted molar refractivity (Wildman–Crippen MR) is 65.4 cm³/mol. The summed E-state index contributed by atoms with van der Waals surface area (Å²) in [6.07, 6.45) is 3.86. The van der Waals surface area contributed by atoms with E-state index in [9.17, 15) is 4.79 Å². The summed E-state index contributed by atoms with van der Waals surface area (Å²) in [5, 5.41) is 4.31. The summed E-state index contributed by atoms with van der Waals surface area (Å²) >= 11 is 5.16. The molecule has 0 amide bonds. The molecule has 3 nitrogen and oxygen atoms in total. The van der Waals surface area contributed by atoms with E-state index < -0.39 is 0 Å². The van der Waals surface area contributed by atoms with Gasteiger partial charge in [0, 0.05) is 6.54 Å². The lowest BCUT2D eigenvalue weighted by Gasteiger charge is -2.09. The number of thioether (sulfide) groups is 1. The lowest BCUT2D eigenvalue weighted by Crippen LogP contribution is -2.19. The third-order valence-electron chi connectivity index (χ3n) is 2.55. The first-order valence-electron chi connectivity index (χ1n) is 5.11. The van der Waals surface area contributed by atoms with Crippen LogP contribution in [0.5, 0.6) is 0 Å². The van der Waals surface area contributed by atoms with Crippen LogP contribution in [0.3, 0.4) is 0 Å². The molecular formula is C10H13BrN2OS. The van der Waals surface area contributed by atoms with Gasteiger partial charge in [0.1, 0.15) is 5.69 Å². The molecule has 1 aromatic rings. The number of halogens is 1. The molecule has 2 heterocycles. The average molecular weight is 289 g/mol. The minimum absolute atomic E-state index is 0.142. The molecule has 1 unspecified atom stereocenters. The van der Waals surface area contributed by atoms with Crippen molar-refractivity contribution in [3.63, 3.8) is 0 Å². The van der Waals surface area contributed by atoms with E-state index in [0.29, 0.717) is 0 Å². The van der Waals surface area contributed by atoms with E-state index in [0.717, 1.165) is 35.3 Å². The molecule has 1 aromatic heterocycles. The van der Waals surface area contributed by atoms with Gasteiger partial charge in [-0.2, -0.15) is 16.9 Å². The Hall–Kier alpha value is -0.290. The molecule has 1 aliphatic rings. The van der Waals surface area contributed by atoms with Crippen LogP contribution in [0.4, 0.5) is 0 Å². The summed E-state index contributed by atoms with van der Waals surface area (Å²) < 4.78 is 2.59. The standard InChI is InChI=1S/C10H13BrN2OS/c1-2-13-9(7(11)6-12-13)10(14)8-4-3-5-15-8/h6,8H,2-5H2,1H3. The quantitative estimate of drug-likeness (QED) is 0.803. The normalized spacial score (nSPS) is 20.8. The first-order chi connectivity index (χ1) is 7.24. The Kier molecular flexibility index (Phi) is 3.51. The Labute approximate surface area is 102 Å². The molecule has 0 bridgehead atoms. The molecule has 1 atom stereocenters. The van der Waals surface area contributed by atoms with Gasteiger partial charge in [-0.05, 0) is 41.4 Å². The van der Waals surface area contributed by atoms with E-state index in [4.69, 9.17) is 0 Å². The number of rotatable bonds is 3. The van der Waals surface area contributed by atoms with Gasteiger partial charge >= 0.3 is 0 Å². The van der Waals surface area contributed by atoms with Crippen LogP contribution in [-0.2, 0) is 6.54 Å².